The van der Waals surface area contributed by atoms with Crippen molar-refractivity contribution >= 4 is 11.8 Å². The molecule has 0 atom stereocenters. The molecule has 0 aliphatic heterocycles. The van der Waals surface area contributed by atoms with Gasteiger partial charge in [0, 0.05) is 26.0 Å². The molecule has 0 aliphatic rings. The normalized spacial score (nSPS) is 9.95. The number of hydrogen-bond acceptors (Lipinski definition) is 4. The average molecular weight is 265 g/mol. The van der Waals surface area contributed by atoms with E-state index in [1.54, 1.807) is 18.3 Å². The third kappa shape index (κ3) is 6.52. The summed E-state index contributed by atoms with van der Waals surface area (Å²) < 4.78 is 5.12. The van der Waals surface area contributed by atoms with Gasteiger partial charge in [-0.05, 0) is 25.5 Å². The van der Waals surface area contributed by atoms with Gasteiger partial charge >= 0.3 is 11.8 Å². The van der Waals surface area contributed by atoms with Crippen LogP contribution in [-0.4, -0.2) is 36.6 Å². The molecule has 0 aromatic carbocycles. The molecule has 0 saturated heterocycles. The molecule has 1 heterocycles. The zero-order valence-electron chi connectivity index (χ0n) is 11.0. The van der Waals surface area contributed by atoms with Crippen LogP contribution < -0.4 is 10.6 Å². The molecule has 0 fully saturated rings. The van der Waals surface area contributed by atoms with Gasteiger partial charge in [-0.25, -0.2) is 0 Å². The predicted octanol–water partition coefficient (Wildman–Crippen LogP) is 0.241. The van der Waals surface area contributed by atoms with Gasteiger partial charge in [0.25, 0.3) is 0 Å². The van der Waals surface area contributed by atoms with E-state index in [9.17, 15) is 9.59 Å². The van der Waals surface area contributed by atoms with E-state index in [0.717, 1.165) is 0 Å². The average Bonchev–Trinajstić information content (AvgIpc) is 2.45. The summed E-state index contributed by atoms with van der Waals surface area (Å²) in [6, 6.07) is 5.39. The van der Waals surface area contributed by atoms with Gasteiger partial charge in [-0.2, -0.15) is 0 Å². The summed E-state index contributed by atoms with van der Waals surface area (Å²) in [6.07, 6.45) is 2.32. The fraction of sp³-hybridized carbons (Fsp3) is 0.462. The van der Waals surface area contributed by atoms with Crippen LogP contribution in [0.2, 0.25) is 0 Å². The van der Waals surface area contributed by atoms with Crippen molar-refractivity contribution in [2.24, 2.45) is 0 Å². The molecular formula is C13H19N3O3. The van der Waals surface area contributed by atoms with Crippen LogP contribution in [0.1, 0.15) is 19.0 Å². The molecule has 0 spiro atoms. The minimum absolute atomic E-state index is 0.242. The first-order valence-corrected chi connectivity index (χ1v) is 6.27. The van der Waals surface area contributed by atoms with Crippen LogP contribution in [-0.2, 0) is 20.9 Å². The molecule has 2 amide bonds. The van der Waals surface area contributed by atoms with Gasteiger partial charge in [-0.1, -0.05) is 6.07 Å². The highest BCUT2D eigenvalue weighted by Gasteiger charge is 2.11. The number of nitrogens with one attached hydrogen (secondary N) is 2. The van der Waals surface area contributed by atoms with Crippen molar-refractivity contribution in [1.82, 2.24) is 15.6 Å². The van der Waals surface area contributed by atoms with Crippen LogP contribution in [0.15, 0.2) is 24.4 Å². The molecule has 0 saturated carbocycles. The number of hydrogen-bond donors (Lipinski definition) is 2. The number of ether oxygens (including phenoxy) is 1. The van der Waals surface area contributed by atoms with Crippen LogP contribution in [0.4, 0.5) is 0 Å². The predicted molar refractivity (Wildman–Crippen MR) is 70.2 cm³/mol. The van der Waals surface area contributed by atoms with E-state index >= 15 is 0 Å². The van der Waals surface area contributed by atoms with E-state index in [1.165, 1.54) is 0 Å². The second-order valence-corrected chi connectivity index (χ2v) is 3.81. The molecule has 19 heavy (non-hydrogen) atoms. The smallest absolute Gasteiger partial charge is 0.309 e. The van der Waals surface area contributed by atoms with Crippen molar-refractivity contribution in [1.29, 1.82) is 0 Å². The van der Waals surface area contributed by atoms with Gasteiger partial charge in [0.15, 0.2) is 0 Å². The second kappa shape index (κ2) is 9.04. The molecule has 1 aromatic rings. The zero-order valence-corrected chi connectivity index (χ0v) is 11.0. The van der Waals surface area contributed by atoms with Crippen molar-refractivity contribution in [3.63, 3.8) is 0 Å². The summed E-state index contributed by atoms with van der Waals surface area (Å²) in [5.41, 5.74) is 0.708. The number of carbonyl (C=O) groups is 2. The Hall–Kier alpha value is -1.95. The lowest BCUT2D eigenvalue weighted by atomic mass is 10.3. The van der Waals surface area contributed by atoms with Crippen molar-refractivity contribution in [3.8, 4) is 0 Å². The van der Waals surface area contributed by atoms with Crippen LogP contribution in [0.5, 0.6) is 0 Å². The van der Waals surface area contributed by atoms with Gasteiger partial charge in [-0.3, -0.25) is 14.6 Å². The van der Waals surface area contributed by atoms with E-state index in [1.807, 2.05) is 13.0 Å². The van der Waals surface area contributed by atoms with Crippen molar-refractivity contribution in [3.05, 3.63) is 30.1 Å². The number of aromatic nitrogens is 1. The first-order valence-electron chi connectivity index (χ1n) is 6.27. The zero-order chi connectivity index (χ0) is 13.9. The van der Waals surface area contributed by atoms with Crippen molar-refractivity contribution in [2.45, 2.75) is 19.9 Å². The second-order valence-electron chi connectivity index (χ2n) is 3.81. The summed E-state index contributed by atoms with van der Waals surface area (Å²) >= 11 is 0. The molecule has 104 valence electrons. The van der Waals surface area contributed by atoms with E-state index < -0.39 is 11.8 Å². The minimum atomic E-state index is -0.651. The van der Waals surface area contributed by atoms with Gasteiger partial charge in [0.2, 0.25) is 0 Å². The van der Waals surface area contributed by atoms with Gasteiger partial charge in [-0.15, -0.1) is 0 Å². The highest BCUT2D eigenvalue weighted by Crippen LogP contribution is 1.91. The van der Waals surface area contributed by atoms with Crippen LogP contribution >= 0.6 is 0 Å². The maximum absolute atomic E-state index is 11.5. The van der Waals surface area contributed by atoms with E-state index in [0.29, 0.717) is 31.9 Å². The monoisotopic (exact) mass is 265 g/mol. The standard InChI is InChI=1S/C13H19N3O3/c1-2-19-9-5-8-15-12(17)13(18)16-10-11-6-3-4-7-14-11/h3-4,6-7H,2,5,8-10H2,1H3,(H,15,17)(H,16,18). The molecule has 0 bridgehead atoms. The Morgan fingerprint density at radius 2 is 2.05 bits per heavy atom. The Balaban J connectivity index is 2.16. The first kappa shape index (κ1) is 15.1. The van der Waals surface area contributed by atoms with E-state index in [4.69, 9.17) is 4.74 Å². The largest absolute Gasteiger partial charge is 0.382 e. The molecule has 6 heteroatoms. The van der Waals surface area contributed by atoms with Crippen LogP contribution in [0, 0.1) is 0 Å². The van der Waals surface area contributed by atoms with E-state index in [-0.39, 0.29) is 6.54 Å². The summed E-state index contributed by atoms with van der Waals surface area (Å²) in [5, 5.41) is 5.03. The minimum Gasteiger partial charge on any atom is -0.382 e. The van der Waals surface area contributed by atoms with Crippen LogP contribution in [0.25, 0.3) is 0 Å². The molecule has 0 unspecified atom stereocenters. The van der Waals surface area contributed by atoms with Crippen molar-refractivity contribution < 1.29 is 14.3 Å². The summed E-state index contributed by atoms with van der Waals surface area (Å²) in [5.74, 6) is -1.28. The number of carbonyl (C=O) groups excluding carboxylic acids is 2. The fourth-order valence-corrected chi connectivity index (χ4v) is 1.35. The highest BCUT2D eigenvalue weighted by molar-refractivity contribution is 6.35. The Morgan fingerprint density at radius 3 is 2.74 bits per heavy atom. The van der Waals surface area contributed by atoms with Crippen LogP contribution in [0.3, 0.4) is 0 Å². The van der Waals surface area contributed by atoms with Gasteiger partial charge in [0.05, 0.1) is 12.2 Å². The molecule has 0 radical (unpaired) electrons. The Labute approximate surface area is 112 Å². The Bertz CT molecular complexity index is 395. The van der Waals surface area contributed by atoms with E-state index in [2.05, 4.69) is 15.6 Å². The fourth-order valence-electron chi connectivity index (χ4n) is 1.35. The Kier molecular flexibility index (Phi) is 7.19. The summed E-state index contributed by atoms with van der Waals surface area (Å²) in [4.78, 5) is 26.9. The third-order valence-corrected chi connectivity index (χ3v) is 2.32. The molecule has 1 aromatic heterocycles. The number of rotatable bonds is 7. The Morgan fingerprint density at radius 1 is 1.26 bits per heavy atom. The topological polar surface area (TPSA) is 80.3 Å². The molecule has 0 aliphatic carbocycles. The lowest BCUT2D eigenvalue weighted by molar-refractivity contribution is -0.139. The third-order valence-electron chi connectivity index (χ3n) is 2.32. The number of amides is 2. The quantitative estimate of drug-likeness (QED) is 0.546. The molecule has 1 rings (SSSR count). The summed E-state index contributed by atoms with van der Waals surface area (Å²) in [6.45, 7) is 3.80. The van der Waals surface area contributed by atoms with Gasteiger partial charge in [0.1, 0.15) is 0 Å². The molecule has 2 N–H and O–H groups in total. The number of nitrogens with zero attached hydrogens (tertiary/aromatic N) is 1. The van der Waals surface area contributed by atoms with Crippen molar-refractivity contribution in [2.75, 3.05) is 19.8 Å². The maximum atomic E-state index is 11.5. The van der Waals surface area contributed by atoms with Gasteiger partial charge < -0.3 is 15.4 Å². The first-order chi connectivity index (χ1) is 9.24. The lowest BCUT2D eigenvalue weighted by Crippen LogP contribution is -2.40. The lowest BCUT2D eigenvalue weighted by Gasteiger charge is -2.06. The summed E-state index contributed by atoms with van der Waals surface area (Å²) in [7, 11) is 0. The SMILES string of the molecule is CCOCCCNC(=O)C(=O)NCc1ccccn1. The highest BCUT2D eigenvalue weighted by atomic mass is 16.5. The molecule has 6 nitrogen and oxygen atoms in total. The number of pyridine rings is 1. The molecular weight excluding hydrogens is 246 g/mol. The maximum Gasteiger partial charge on any atom is 0.309 e.